The number of aromatic hydroxyl groups is 1. The summed E-state index contributed by atoms with van der Waals surface area (Å²) >= 11 is 3.23. The maximum atomic E-state index is 10.5. The number of benzene rings is 1. The molecule has 0 aromatic heterocycles. The molecule has 1 aromatic rings. The molecule has 0 atom stereocenters. The van der Waals surface area contributed by atoms with E-state index >= 15 is 0 Å². The van der Waals surface area contributed by atoms with Crippen molar-refractivity contribution in [2.24, 2.45) is 0 Å². The van der Waals surface area contributed by atoms with E-state index in [2.05, 4.69) is 15.9 Å². The van der Waals surface area contributed by atoms with Crippen molar-refractivity contribution in [2.75, 3.05) is 11.1 Å². The number of hydrogen-bond donors (Lipinski definition) is 2. The second kappa shape index (κ2) is 4.28. The van der Waals surface area contributed by atoms with Gasteiger partial charge in [-0.3, -0.25) is 10.1 Å². The molecule has 0 aliphatic heterocycles. The van der Waals surface area contributed by atoms with Gasteiger partial charge in [0.1, 0.15) is 5.69 Å². The van der Waals surface area contributed by atoms with Crippen LogP contribution in [0.2, 0.25) is 0 Å². The standard InChI is InChI=1S/C8H9BrN2O3/c9-2-1-5-3-6(10)8(11(13)14)7(12)4-5/h3-4,12H,1-2,10H2. The van der Waals surface area contributed by atoms with Gasteiger partial charge in [-0.2, -0.15) is 0 Å². The van der Waals surface area contributed by atoms with Gasteiger partial charge in [0.05, 0.1) is 4.92 Å². The van der Waals surface area contributed by atoms with Crippen molar-refractivity contribution in [3.63, 3.8) is 0 Å². The number of anilines is 1. The first kappa shape index (κ1) is 10.8. The minimum absolute atomic E-state index is 0.00838. The molecule has 76 valence electrons. The van der Waals surface area contributed by atoms with E-state index in [1.807, 2.05) is 0 Å². The number of nitrogens with two attached hydrogens (primary N) is 1. The second-order valence-corrected chi connectivity index (χ2v) is 3.54. The molecule has 0 saturated heterocycles. The molecule has 0 spiro atoms. The molecule has 0 radical (unpaired) electrons. The quantitative estimate of drug-likeness (QED) is 0.376. The number of rotatable bonds is 3. The zero-order chi connectivity index (χ0) is 10.7. The first-order chi connectivity index (χ1) is 6.56. The van der Waals surface area contributed by atoms with Gasteiger partial charge in [-0.05, 0) is 24.1 Å². The van der Waals surface area contributed by atoms with E-state index in [9.17, 15) is 15.2 Å². The molecule has 0 aliphatic rings. The summed E-state index contributed by atoms with van der Waals surface area (Å²) in [7, 11) is 0. The Labute approximate surface area is 88.8 Å². The van der Waals surface area contributed by atoms with Crippen LogP contribution in [0.15, 0.2) is 12.1 Å². The van der Waals surface area contributed by atoms with E-state index in [1.165, 1.54) is 12.1 Å². The zero-order valence-electron chi connectivity index (χ0n) is 7.24. The summed E-state index contributed by atoms with van der Waals surface area (Å²) in [6.45, 7) is 0. The number of nitrogens with zero attached hydrogens (tertiary/aromatic N) is 1. The minimum Gasteiger partial charge on any atom is -0.502 e. The Kier molecular flexibility index (Phi) is 3.29. The highest BCUT2D eigenvalue weighted by Crippen LogP contribution is 2.33. The fraction of sp³-hybridized carbons (Fsp3) is 0.250. The molecule has 5 nitrogen and oxygen atoms in total. The smallest absolute Gasteiger partial charge is 0.333 e. The Morgan fingerprint density at radius 3 is 2.64 bits per heavy atom. The summed E-state index contributed by atoms with van der Waals surface area (Å²) in [6, 6.07) is 2.86. The van der Waals surface area contributed by atoms with Crippen molar-refractivity contribution in [3.8, 4) is 5.75 Å². The third-order valence-electron chi connectivity index (χ3n) is 1.74. The summed E-state index contributed by atoms with van der Waals surface area (Å²) in [4.78, 5) is 9.78. The van der Waals surface area contributed by atoms with Crippen molar-refractivity contribution in [1.82, 2.24) is 0 Å². The second-order valence-electron chi connectivity index (χ2n) is 2.75. The number of phenolic OH excluding ortho intramolecular Hbond substituents is 1. The SMILES string of the molecule is Nc1cc(CCBr)cc(O)c1[N+](=O)[O-]. The van der Waals surface area contributed by atoms with Crippen molar-refractivity contribution in [2.45, 2.75) is 6.42 Å². The van der Waals surface area contributed by atoms with Gasteiger partial charge in [-0.25, -0.2) is 0 Å². The van der Waals surface area contributed by atoms with Gasteiger partial charge in [0.25, 0.3) is 0 Å². The van der Waals surface area contributed by atoms with Crippen molar-refractivity contribution in [1.29, 1.82) is 0 Å². The molecule has 0 amide bonds. The summed E-state index contributed by atoms with van der Waals surface area (Å²) in [6.07, 6.45) is 0.662. The molecular weight excluding hydrogens is 252 g/mol. The first-order valence-corrected chi connectivity index (χ1v) is 5.00. The predicted molar refractivity (Wildman–Crippen MR) is 56.7 cm³/mol. The summed E-state index contributed by atoms with van der Waals surface area (Å²) in [5, 5.41) is 20.5. The number of aryl methyl sites for hydroxylation is 1. The van der Waals surface area contributed by atoms with Crippen LogP contribution in [0, 0.1) is 10.1 Å². The van der Waals surface area contributed by atoms with Gasteiger partial charge in [-0.15, -0.1) is 0 Å². The molecule has 0 bridgehead atoms. The number of alkyl halides is 1. The van der Waals surface area contributed by atoms with Crippen LogP contribution in [-0.4, -0.2) is 15.4 Å². The van der Waals surface area contributed by atoms with Gasteiger partial charge in [0.2, 0.25) is 0 Å². The normalized spacial score (nSPS) is 10.1. The maximum Gasteiger partial charge on any atom is 0.333 e. The summed E-state index contributed by atoms with van der Waals surface area (Å²) in [5.74, 6) is -0.383. The third kappa shape index (κ3) is 2.14. The highest BCUT2D eigenvalue weighted by Gasteiger charge is 2.18. The van der Waals surface area contributed by atoms with Crippen LogP contribution in [0.5, 0.6) is 5.75 Å². The topological polar surface area (TPSA) is 89.4 Å². The molecule has 3 N–H and O–H groups in total. The molecular formula is C8H9BrN2O3. The molecule has 0 aliphatic carbocycles. The lowest BCUT2D eigenvalue weighted by molar-refractivity contribution is -0.384. The van der Waals surface area contributed by atoms with Crippen LogP contribution in [-0.2, 0) is 6.42 Å². The monoisotopic (exact) mass is 260 g/mol. The van der Waals surface area contributed by atoms with E-state index in [1.54, 1.807) is 0 Å². The molecule has 14 heavy (non-hydrogen) atoms. The molecule has 0 unspecified atom stereocenters. The zero-order valence-corrected chi connectivity index (χ0v) is 8.82. The third-order valence-corrected chi connectivity index (χ3v) is 2.14. The Bertz CT molecular complexity index is 345. The van der Waals surface area contributed by atoms with Crippen LogP contribution in [0.25, 0.3) is 0 Å². The van der Waals surface area contributed by atoms with Gasteiger partial charge in [0.15, 0.2) is 5.75 Å². The number of phenols is 1. The van der Waals surface area contributed by atoms with Crippen molar-refractivity contribution in [3.05, 3.63) is 27.8 Å². The van der Waals surface area contributed by atoms with E-state index < -0.39 is 10.6 Å². The molecule has 1 rings (SSSR count). The Morgan fingerprint density at radius 1 is 1.57 bits per heavy atom. The van der Waals surface area contributed by atoms with Crippen molar-refractivity contribution >= 4 is 27.3 Å². The van der Waals surface area contributed by atoms with Crippen LogP contribution < -0.4 is 5.73 Å². The maximum absolute atomic E-state index is 10.5. The first-order valence-electron chi connectivity index (χ1n) is 3.88. The fourth-order valence-corrected chi connectivity index (χ4v) is 1.61. The molecule has 0 fully saturated rings. The number of hydrogen-bond acceptors (Lipinski definition) is 4. The number of nitro groups is 1. The number of nitrogen functional groups attached to an aromatic ring is 1. The van der Waals surface area contributed by atoms with Crippen LogP contribution in [0.1, 0.15) is 5.56 Å². The van der Waals surface area contributed by atoms with Crippen LogP contribution in [0.4, 0.5) is 11.4 Å². The molecule has 0 heterocycles. The highest BCUT2D eigenvalue weighted by molar-refractivity contribution is 9.09. The Balaban J connectivity index is 3.18. The van der Waals surface area contributed by atoms with Gasteiger partial charge < -0.3 is 10.8 Å². The lowest BCUT2D eigenvalue weighted by Crippen LogP contribution is -1.98. The highest BCUT2D eigenvalue weighted by atomic mass is 79.9. The number of halogens is 1. The molecule has 1 aromatic carbocycles. The average Bonchev–Trinajstić information content (AvgIpc) is 2.01. The Hall–Kier alpha value is -1.30. The lowest BCUT2D eigenvalue weighted by Gasteiger charge is -2.03. The Morgan fingerprint density at radius 2 is 2.21 bits per heavy atom. The van der Waals surface area contributed by atoms with Crippen LogP contribution in [0.3, 0.4) is 0 Å². The largest absolute Gasteiger partial charge is 0.502 e. The molecule has 6 heteroatoms. The van der Waals surface area contributed by atoms with E-state index in [-0.39, 0.29) is 11.4 Å². The summed E-state index contributed by atoms with van der Waals surface area (Å²) < 4.78 is 0. The summed E-state index contributed by atoms with van der Waals surface area (Å²) in [5.41, 5.74) is 5.77. The molecule has 0 saturated carbocycles. The van der Waals surface area contributed by atoms with Gasteiger partial charge in [-0.1, -0.05) is 15.9 Å². The predicted octanol–water partition coefficient (Wildman–Crippen LogP) is 1.82. The van der Waals surface area contributed by atoms with E-state index in [4.69, 9.17) is 5.73 Å². The van der Waals surface area contributed by atoms with Gasteiger partial charge in [0, 0.05) is 5.33 Å². The van der Waals surface area contributed by atoms with E-state index in [0.29, 0.717) is 11.8 Å². The minimum atomic E-state index is -0.692. The fourth-order valence-electron chi connectivity index (χ4n) is 1.15. The number of nitro benzene ring substituents is 1. The van der Waals surface area contributed by atoms with Crippen molar-refractivity contribution < 1.29 is 10.0 Å². The average molecular weight is 261 g/mol. The van der Waals surface area contributed by atoms with Crippen LogP contribution >= 0.6 is 15.9 Å². The van der Waals surface area contributed by atoms with Gasteiger partial charge >= 0.3 is 5.69 Å². The van der Waals surface area contributed by atoms with E-state index in [0.717, 1.165) is 5.56 Å². The lowest BCUT2D eigenvalue weighted by atomic mass is 10.1.